The van der Waals surface area contributed by atoms with Gasteiger partial charge in [0, 0.05) is 51.4 Å². The second kappa shape index (κ2) is 11.6. The summed E-state index contributed by atoms with van der Waals surface area (Å²) >= 11 is 6.64. The van der Waals surface area contributed by atoms with Crippen molar-refractivity contribution in [1.82, 2.24) is 23.8 Å². The summed E-state index contributed by atoms with van der Waals surface area (Å²) in [5, 5.41) is 3.31. The van der Waals surface area contributed by atoms with Crippen LogP contribution in [-0.4, -0.2) is 60.4 Å². The zero-order chi connectivity index (χ0) is 24.8. The Kier molecular flexibility index (Phi) is 8.32. The molecule has 0 aliphatic carbocycles. The number of thiocarbonyl (C=S) groups is 1. The van der Waals surface area contributed by atoms with Gasteiger partial charge in [-0.25, -0.2) is 9.97 Å². The van der Waals surface area contributed by atoms with Crippen molar-refractivity contribution in [1.29, 1.82) is 0 Å². The number of aromatic nitrogens is 4. The molecule has 0 saturated carbocycles. The van der Waals surface area contributed by atoms with Gasteiger partial charge in [0.15, 0.2) is 0 Å². The van der Waals surface area contributed by atoms with Crippen LogP contribution in [0.25, 0.3) is 11.7 Å². The number of thioether (sulfide) groups is 1. The summed E-state index contributed by atoms with van der Waals surface area (Å²) in [5.41, 5.74) is 1.57. The number of amides is 1. The van der Waals surface area contributed by atoms with Crippen LogP contribution in [0.2, 0.25) is 0 Å². The topological polar surface area (TPSA) is 93.8 Å². The van der Waals surface area contributed by atoms with E-state index in [1.54, 1.807) is 29.7 Å². The zero-order valence-electron chi connectivity index (χ0n) is 19.8. The lowest BCUT2D eigenvalue weighted by Gasteiger charge is -2.14. The summed E-state index contributed by atoms with van der Waals surface area (Å²) in [6.45, 7) is 6.92. The quantitative estimate of drug-likeness (QED) is 0.238. The molecule has 0 atom stereocenters. The summed E-state index contributed by atoms with van der Waals surface area (Å²) in [6.07, 6.45) is 10.2. The Morgan fingerprint density at radius 1 is 1.23 bits per heavy atom. The van der Waals surface area contributed by atoms with E-state index in [0.717, 1.165) is 18.5 Å². The highest BCUT2D eigenvalue weighted by atomic mass is 32.2. The second-order valence-electron chi connectivity index (χ2n) is 8.03. The summed E-state index contributed by atoms with van der Waals surface area (Å²) in [4.78, 5) is 37.3. The molecule has 0 aromatic carbocycles. The van der Waals surface area contributed by atoms with Crippen LogP contribution in [0.1, 0.15) is 30.9 Å². The molecule has 3 aromatic heterocycles. The number of rotatable bonds is 11. The molecule has 9 nitrogen and oxygen atoms in total. The third-order valence-corrected chi connectivity index (χ3v) is 6.93. The first-order chi connectivity index (χ1) is 17.0. The molecule has 0 unspecified atom stereocenters. The first kappa shape index (κ1) is 25.1. The third kappa shape index (κ3) is 5.80. The zero-order valence-corrected chi connectivity index (χ0v) is 21.4. The molecule has 1 fully saturated rings. The molecule has 35 heavy (non-hydrogen) atoms. The lowest BCUT2D eigenvalue weighted by Crippen LogP contribution is -2.29. The van der Waals surface area contributed by atoms with Gasteiger partial charge in [-0.05, 0) is 44.4 Å². The van der Waals surface area contributed by atoms with Crippen molar-refractivity contribution < 1.29 is 9.53 Å². The van der Waals surface area contributed by atoms with E-state index in [1.165, 1.54) is 16.2 Å². The lowest BCUT2D eigenvalue weighted by molar-refractivity contribution is -0.122. The Labute approximate surface area is 213 Å². The van der Waals surface area contributed by atoms with Gasteiger partial charge in [-0.1, -0.05) is 30.0 Å². The summed E-state index contributed by atoms with van der Waals surface area (Å²) in [6, 6.07) is 3.73. The van der Waals surface area contributed by atoms with E-state index in [9.17, 15) is 9.59 Å². The number of fused-ring (bicyclic) bond motifs is 1. The summed E-state index contributed by atoms with van der Waals surface area (Å²) in [7, 11) is 0. The summed E-state index contributed by atoms with van der Waals surface area (Å²) < 4.78 is 9.36. The van der Waals surface area contributed by atoms with Crippen LogP contribution in [0.5, 0.6) is 0 Å². The first-order valence-corrected chi connectivity index (χ1v) is 12.8. The van der Waals surface area contributed by atoms with E-state index in [1.807, 2.05) is 36.7 Å². The van der Waals surface area contributed by atoms with Crippen molar-refractivity contribution in [2.75, 3.05) is 31.6 Å². The number of ether oxygens (including phenoxy) is 1. The average Bonchev–Trinajstić information content (AvgIpc) is 3.45. The molecule has 4 heterocycles. The Bertz CT molecular complexity index is 1300. The molecule has 0 spiro atoms. The average molecular weight is 513 g/mol. The highest BCUT2D eigenvalue weighted by Gasteiger charge is 2.32. The number of nitrogens with one attached hydrogen (secondary N) is 1. The van der Waals surface area contributed by atoms with Crippen LogP contribution in [-0.2, 0) is 16.1 Å². The van der Waals surface area contributed by atoms with Crippen LogP contribution < -0.4 is 10.9 Å². The number of hydrogen-bond acceptors (Lipinski definition) is 8. The van der Waals surface area contributed by atoms with E-state index in [4.69, 9.17) is 21.9 Å². The number of carbonyl (C=O) groups is 1. The monoisotopic (exact) mass is 512 g/mol. The number of aryl methyl sites for hydroxylation is 2. The van der Waals surface area contributed by atoms with Gasteiger partial charge in [-0.15, -0.1) is 0 Å². The minimum absolute atomic E-state index is 0.198. The highest BCUT2D eigenvalue weighted by molar-refractivity contribution is 8.26. The maximum absolute atomic E-state index is 13.5. The molecule has 0 bridgehead atoms. The Balaban J connectivity index is 1.61. The largest absolute Gasteiger partial charge is 0.382 e. The maximum Gasteiger partial charge on any atom is 0.267 e. The molecule has 1 amide bonds. The molecule has 1 N–H and O–H groups in total. The minimum atomic E-state index is -0.238. The molecular weight excluding hydrogens is 484 g/mol. The van der Waals surface area contributed by atoms with E-state index in [0.29, 0.717) is 59.0 Å². The molecule has 4 rings (SSSR count). The van der Waals surface area contributed by atoms with Crippen molar-refractivity contribution >= 4 is 51.7 Å². The van der Waals surface area contributed by atoms with E-state index >= 15 is 0 Å². The van der Waals surface area contributed by atoms with Gasteiger partial charge >= 0.3 is 0 Å². The van der Waals surface area contributed by atoms with Gasteiger partial charge in [-0.2, -0.15) is 0 Å². The minimum Gasteiger partial charge on any atom is -0.382 e. The molecular formula is C24H28N6O3S2. The van der Waals surface area contributed by atoms with Gasteiger partial charge in [-0.3, -0.25) is 18.9 Å². The fourth-order valence-electron chi connectivity index (χ4n) is 3.76. The van der Waals surface area contributed by atoms with Crippen molar-refractivity contribution in [3.8, 4) is 0 Å². The first-order valence-electron chi connectivity index (χ1n) is 11.5. The number of anilines is 1. The molecule has 1 aliphatic heterocycles. The SMILES string of the molecule is CCOCCCN1C(=O)C(=Cc2c(NCCCn3ccnc3)nc3c(C)cccn3c2=O)SC1=S. The molecule has 184 valence electrons. The second-order valence-corrected chi connectivity index (χ2v) is 9.70. The van der Waals surface area contributed by atoms with Gasteiger partial charge in [0.05, 0.1) is 16.8 Å². The Morgan fingerprint density at radius 3 is 2.86 bits per heavy atom. The maximum atomic E-state index is 13.5. The standard InChI is InChI=1S/C24H28N6O3S2/c1-3-33-14-6-12-30-23(32)19(35-24(30)34)15-18-20(26-8-5-10-28-13-9-25-16-28)27-21-17(2)7-4-11-29(21)22(18)31/h4,7,9,11,13,15-16,26H,3,5-6,8,10,12,14H2,1-2H3. The molecule has 0 radical (unpaired) electrons. The molecule has 1 aliphatic rings. The number of nitrogens with zero attached hydrogens (tertiary/aromatic N) is 5. The number of pyridine rings is 1. The van der Waals surface area contributed by atoms with Gasteiger partial charge in [0.2, 0.25) is 0 Å². The predicted octanol–water partition coefficient (Wildman–Crippen LogP) is 3.33. The van der Waals surface area contributed by atoms with Crippen molar-refractivity contribution in [2.24, 2.45) is 0 Å². The normalized spacial score (nSPS) is 15.0. The Hall–Kier alpha value is -3.02. The lowest BCUT2D eigenvalue weighted by atomic mass is 10.2. The third-order valence-electron chi connectivity index (χ3n) is 5.55. The van der Waals surface area contributed by atoms with Gasteiger partial charge in [0.25, 0.3) is 11.5 Å². The van der Waals surface area contributed by atoms with Crippen LogP contribution in [0.15, 0.2) is 46.8 Å². The predicted molar refractivity (Wildman–Crippen MR) is 143 cm³/mol. The van der Waals surface area contributed by atoms with E-state index in [-0.39, 0.29) is 11.5 Å². The van der Waals surface area contributed by atoms with E-state index in [2.05, 4.69) is 10.3 Å². The molecule has 1 saturated heterocycles. The Morgan fingerprint density at radius 2 is 2.09 bits per heavy atom. The van der Waals surface area contributed by atoms with Crippen LogP contribution in [0.3, 0.4) is 0 Å². The van der Waals surface area contributed by atoms with Crippen LogP contribution >= 0.6 is 24.0 Å². The molecule has 3 aromatic rings. The number of carbonyl (C=O) groups excluding carboxylic acids is 1. The van der Waals surface area contributed by atoms with Crippen LogP contribution in [0, 0.1) is 6.92 Å². The van der Waals surface area contributed by atoms with Crippen molar-refractivity contribution in [2.45, 2.75) is 33.2 Å². The van der Waals surface area contributed by atoms with Gasteiger partial charge in [0.1, 0.15) is 15.8 Å². The van der Waals surface area contributed by atoms with Gasteiger partial charge < -0.3 is 14.6 Å². The fraction of sp³-hybridized carbons (Fsp3) is 0.375. The highest BCUT2D eigenvalue weighted by Crippen LogP contribution is 2.33. The van der Waals surface area contributed by atoms with Crippen LogP contribution in [0.4, 0.5) is 5.82 Å². The molecule has 11 heteroatoms. The number of imidazole rings is 1. The van der Waals surface area contributed by atoms with E-state index < -0.39 is 0 Å². The number of hydrogen-bond donors (Lipinski definition) is 1. The smallest absolute Gasteiger partial charge is 0.267 e. The fourth-order valence-corrected chi connectivity index (χ4v) is 5.05. The van der Waals surface area contributed by atoms with Crippen molar-refractivity contribution in [3.05, 3.63) is 63.4 Å². The van der Waals surface area contributed by atoms with Crippen molar-refractivity contribution in [3.63, 3.8) is 0 Å². The summed E-state index contributed by atoms with van der Waals surface area (Å²) in [5.74, 6) is 0.257.